The van der Waals surface area contributed by atoms with Crippen LogP contribution in [0.3, 0.4) is 0 Å². The molecule has 0 aromatic heterocycles. The van der Waals surface area contributed by atoms with Gasteiger partial charge in [0.25, 0.3) is 5.91 Å². The van der Waals surface area contributed by atoms with Crippen molar-refractivity contribution < 1.29 is 13.9 Å². The van der Waals surface area contributed by atoms with Gasteiger partial charge in [0, 0.05) is 18.2 Å². The van der Waals surface area contributed by atoms with Crippen LogP contribution in [0, 0.1) is 5.82 Å². The highest BCUT2D eigenvalue weighted by Crippen LogP contribution is 2.19. The first-order chi connectivity index (χ1) is 9.10. The van der Waals surface area contributed by atoms with Gasteiger partial charge in [-0.25, -0.2) is 4.39 Å². The zero-order chi connectivity index (χ0) is 13.8. The molecule has 0 spiro atoms. The van der Waals surface area contributed by atoms with E-state index in [1.807, 2.05) is 0 Å². The molecule has 1 saturated carbocycles. The SMILES string of the molecule is COc1ccc(C(=O)NC2CCC(N)CC2)c(F)c1.Cl. The second kappa shape index (κ2) is 7.45. The van der Waals surface area contributed by atoms with Crippen LogP contribution in [0.25, 0.3) is 0 Å². The molecule has 0 atom stereocenters. The smallest absolute Gasteiger partial charge is 0.254 e. The molecule has 20 heavy (non-hydrogen) atoms. The third-order valence-corrected chi connectivity index (χ3v) is 3.53. The average molecular weight is 303 g/mol. The van der Waals surface area contributed by atoms with Gasteiger partial charge in [0.1, 0.15) is 11.6 Å². The predicted octanol–water partition coefficient (Wildman–Crippen LogP) is 2.26. The van der Waals surface area contributed by atoms with Crippen molar-refractivity contribution in [1.82, 2.24) is 5.32 Å². The lowest BCUT2D eigenvalue weighted by atomic mass is 9.91. The Morgan fingerprint density at radius 3 is 2.55 bits per heavy atom. The summed E-state index contributed by atoms with van der Waals surface area (Å²) in [7, 11) is 1.46. The summed E-state index contributed by atoms with van der Waals surface area (Å²) in [5.74, 6) is -0.539. The Balaban J connectivity index is 0.00000200. The number of rotatable bonds is 3. The molecule has 0 bridgehead atoms. The molecule has 0 saturated heterocycles. The fourth-order valence-corrected chi connectivity index (χ4v) is 2.33. The Morgan fingerprint density at radius 2 is 2.00 bits per heavy atom. The number of hydrogen-bond donors (Lipinski definition) is 2. The molecule has 0 unspecified atom stereocenters. The predicted molar refractivity (Wildman–Crippen MR) is 77.9 cm³/mol. The summed E-state index contributed by atoms with van der Waals surface area (Å²) in [5, 5.41) is 2.86. The summed E-state index contributed by atoms with van der Waals surface area (Å²) in [4.78, 5) is 12.0. The van der Waals surface area contributed by atoms with Crippen molar-refractivity contribution in [2.75, 3.05) is 7.11 Å². The maximum absolute atomic E-state index is 13.7. The molecule has 1 aromatic rings. The Bertz CT molecular complexity index is 462. The van der Waals surface area contributed by atoms with E-state index in [4.69, 9.17) is 10.5 Å². The molecule has 1 aliphatic carbocycles. The minimum absolute atomic E-state index is 0. The van der Waals surface area contributed by atoms with Crippen molar-refractivity contribution in [1.29, 1.82) is 0 Å². The molecule has 112 valence electrons. The molecular formula is C14H20ClFN2O2. The van der Waals surface area contributed by atoms with E-state index in [-0.39, 0.29) is 36.0 Å². The Morgan fingerprint density at radius 1 is 1.35 bits per heavy atom. The lowest BCUT2D eigenvalue weighted by Gasteiger charge is -2.26. The number of carbonyl (C=O) groups is 1. The van der Waals surface area contributed by atoms with E-state index in [2.05, 4.69) is 5.32 Å². The minimum atomic E-state index is -0.565. The summed E-state index contributed by atoms with van der Waals surface area (Å²) in [5.41, 5.74) is 5.86. The minimum Gasteiger partial charge on any atom is -0.497 e. The summed E-state index contributed by atoms with van der Waals surface area (Å²) in [6.45, 7) is 0. The summed E-state index contributed by atoms with van der Waals surface area (Å²) < 4.78 is 18.6. The van der Waals surface area contributed by atoms with E-state index in [1.54, 1.807) is 6.07 Å². The maximum atomic E-state index is 13.7. The number of carbonyl (C=O) groups excluding carboxylic acids is 1. The number of methoxy groups -OCH3 is 1. The van der Waals surface area contributed by atoms with E-state index in [9.17, 15) is 9.18 Å². The lowest BCUT2D eigenvalue weighted by molar-refractivity contribution is 0.0921. The Labute approximate surface area is 124 Å². The highest BCUT2D eigenvalue weighted by Gasteiger charge is 2.21. The third kappa shape index (κ3) is 4.08. The second-order valence-electron chi connectivity index (χ2n) is 4.93. The van der Waals surface area contributed by atoms with Crippen LogP contribution < -0.4 is 15.8 Å². The van der Waals surface area contributed by atoms with Gasteiger partial charge in [0.05, 0.1) is 12.7 Å². The first-order valence-corrected chi connectivity index (χ1v) is 6.50. The Kier molecular flexibility index (Phi) is 6.23. The maximum Gasteiger partial charge on any atom is 0.254 e. The summed E-state index contributed by atoms with van der Waals surface area (Å²) in [6.07, 6.45) is 3.50. The van der Waals surface area contributed by atoms with Gasteiger partial charge in [-0.15, -0.1) is 12.4 Å². The monoisotopic (exact) mass is 302 g/mol. The molecule has 0 radical (unpaired) electrons. The largest absolute Gasteiger partial charge is 0.497 e. The van der Waals surface area contributed by atoms with Crippen LogP contribution in [0.15, 0.2) is 18.2 Å². The number of halogens is 2. The van der Waals surface area contributed by atoms with E-state index in [1.165, 1.54) is 19.2 Å². The molecule has 1 aromatic carbocycles. The number of hydrogen-bond acceptors (Lipinski definition) is 3. The van der Waals surface area contributed by atoms with Crippen molar-refractivity contribution in [3.05, 3.63) is 29.6 Å². The van der Waals surface area contributed by atoms with Crippen LogP contribution in [0.4, 0.5) is 4.39 Å². The van der Waals surface area contributed by atoms with Crippen LogP contribution in [-0.4, -0.2) is 25.1 Å². The van der Waals surface area contributed by atoms with Crippen LogP contribution in [0.1, 0.15) is 36.0 Å². The van der Waals surface area contributed by atoms with Gasteiger partial charge in [-0.2, -0.15) is 0 Å². The number of ether oxygens (including phenoxy) is 1. The standard InChI is InChI=1S/C14H19FN2O2.ClH/c1-19-11-6-7-12(13(15)8-11)14(18)17-10-4-2-9(16)3-5-10;/h6-10H,2-5,16H2,1H3,(H,17,18);1H. The molecular weight excluding hydrogens is 283 g/mol. The van der Waals surface area contributed by atoms with Gasteiger partial charge in [0.2, 0.25) is 0 Å². The molecule has 2 rings (SSSR count). The number of nitrogens with two attached hydrogens (primary N) is 1. The summed E-state index contributed by atoms with van der Waals surface area (Å²) >= 11 is 0. The quantitative estimate of drug-likeness (QED) is 0.900. The van der Waals surface area contributed by atoms with Crippen LogP contribution in [-0.2, 0) is 0 Å². The molecule has 1 aliphatic rings. The van der Waals surface area contributed by atoms with Gasteiger partial charge >= 0.3 is 0 Å². The fourth-order valence-electron chi connectivity index (χ4n) is 2.33. The van der Waals surface area contributed by atoms with Crippen molar-refractivity contribution >= 4 is 18.3 Å². The number of nitrogens with one attached hydrogen (secondary N) is 1. The average Bonchev–Trinajstić information content (AvgIpc) is 2.41. The molecule has 0 aliphatic heterocycles. The van der Waals surface area contributed by atoms with E-state index in [0.29, 0.717) is 5.75 Å². The van der Waals surface area contributed by atoms with Crippen LogP contribution in [0.5, 0.6) is 5.75 Å². The first kappa shape index (κ1) is 16.7. The molecule has 3 N–H and O–H groups in total. The zero-order valence-electron chi connectivity index (χ0n) is 11.4. The van der Waals surface area contributed by atoms with Gasteiger partial charge in [0.15, 0.2) is 0 Å². The number of benzene rings is 1. The van der Waals surface area contributed by atoms with Gasteiger partial charge in [-0.3, -0.25) is 4.79 Å². The fraction of sp³-hybridized carbons (Fsp3) is 0.500. The van der Waals surface area contributed by atoms with Crippen molar-refractivity contribution in [2.45, 2.75) is 37.8 Å². The lowest BCUT2D eigenvalue weighted by Crippen LogP contribution is -2.40. The third-order valence-electron chi connectivity index (χ3n) is 3.53. The first-order valence-electron chi connectivity index (χ1n) is 6.50. The summed E-state index contributed by atoms with van der Waals surface area (Å²) in [6, 6.07) is 4.55. The van der Waals surface area contributed by atoms with Gasteiger partial charge in [-0.1, -0.05) is 0 Å². The van der Waals surface area contributed by atoms with Gasteiger partial charge < -0.3 is 15.8 Å². The second-order valence-corrected chi connectivity index (χ2v) is 4.93. The zero-order valence-corrected chi connectivity index (χ0v) is 12.2. The molecule has 1 amide bonds. The molecule has 6 heteroatoms. The van der Waals surface area contributed by atoms with Gasteiger partial charge in [-0.05, 0) is 37.8 Å². The van der Waals surface area contributed by atoms with Crippen LogP contribution in [0.2, 0.25) is 0 Å². The topological polar surface area (TPSA) is 64.3 Å². The van der Waals surface area contributed by atoms with Crippen molar-refractivity contribution in [3.63, 3.8) is 0 Å². The molecule has 1 fully saturated rings. The van der Waals surface area contributed by atoms with E-state index in [0.717, 1.165) is 25.7 Å². The highest BCUT2D eigenvalue weighted by atomic mass is 35.5. The Hall–Kier alpha value is -1.33. The highest BCUT2D eigenvalue weighted by molar-refractivity contribution is 5.94. The normalized spacial score (nSPS) is 21.8. The van der Waals surface area contributed by atoms with Crippen molar-refractivity contribution in [2.24, 2.45) is 5.73 Å². The van der Waals surface area contributed by atoms with E-state index >= 15 is 0 Å². The van der Waals surface area contributed by atoms with Crippen LogP contribution >= 0.6 is 12.4 Å². The number of amides is 1. The van der Waals surface area contributed by atoms with E-state index < -0.39 is 5.82 Å². The van der Waals surface area contributed by atoms with Crippen molar-refractivity contribution in [3.8, 4) is 5.75 Å². The molecule has 0 heterocycles. The molecule has 4 nitrogen and oxygen atoms in total.